The van der Waals surface area contributed by atoms with Gasteiger partial charge in [0.05, 0.1) is 0 Å². The van der Waals surface area contributed by atoms with E-state index >= 15 is 0 Å². The van der Waals surface area contributed by atoms with Crippen LogP contribution < -0.4 is 11.5 Å². The van der Waals surface area contributed by atoms with E-state index in [1.807, 2.05) is 0 Å². The summed E-state index contributed by atoms with van der Waals surface area (Å²) < 4.78 is 0. The molecule has 2 nitrogen and oxygen atoms in total. The summed E-state index contributed by atoms with van der Waals surface area (Å²) in [6.45, 7) is 5.00. The summed E-state index contributed by atoms with van der Waals surface area (Å²) in [4.78, 5) is 0. The van der Waals surface area contributed by atoms with Gasteiger partial charge < -0.3 is 11.5 Å². The highest BCUT2D eigenvalue weighted by atomic mass is 14.6. The highest BCUT2D eigenvalue weighted by Crippen LogP contribution is 2.03. The Morgan fingerprint density at radius 1 is 1.44 bits per heavy atom. The van der Waals surface area contributed by atoms with Crippen molar-refractivity contribution < 1.29 is 0 Å². The van der Waals surface area contributed by atoms with Gasteiger partial charge in [-0.3, -0.25) is 0 Å². The molecule has 0 bridgehead atoms. The molecule has 0 amide bonds. The van der Waals surface area contributed by atoms with Gasteiger partial charge in [0.1, 0.15) is 0 Å². The van der Waals surface area contributed by atoms with Crippen LogP contribution in [0, 0.1) is 5.92 Å². The van der Waals surface area contributed by atoms with E-state index in [-0.39, 0.29) is 0 Å². The zero-order chi connectivity index (χ0) is 7.28. The van der Waals surface area contributed by atoms with Crippen LogP contribution in [0.5, 0.6) is 0 Å². The van der Waals surface area contributed by atoms with E-state index in [1.54, 1.807) is 0 Å². The highest BCUT2D eigenvalue weighted by molar-refractivity contribution is 4.63. The smallest absolute Gasteiger partial charge is 0.00392 e. The molecule has 0 saturated heterocycles. The molecule has 9 heavy (non-hydrogen) atoms. The lowest BCUT2D eigenvalue weighted by Crippen LogP contribution is -2.24. The molecule has 0 aliphatic carbocycles. The maximum absolute atomic E-state index is 5.69. The van der Waals surface area contributed by atoms with Crippen molar-refractivity contribution in [2.24, 2.45) is 17.4 Å². The standard InChI is InChI=1S/C7H18N2/c1-3-7(9)4-6(2)5-8/h6-7H,3-5,8-9H2,1-2H3. The number of rotatable bonds is 4. The Labute approximate surface area is 57.6 Å². The van der Waals surface area contributed by atoms with E-state index in [1.165, 1.54) is 0 Å². The third-order valence-electron chi connectivity index (χ3n) is 1.63. The van der Waals surface area contributed by atoms with Crippen molar-refractivity contribution in [3.63, 3.8) is 0 Å². The van der Waals surface area contributed by atoms with Crippen molar-refractivity contribution >= 4 is 0 Å². The maximum atomic E-state index is 5.69. The Kier molecular flexibility index (Phi) is 4.72. The molecule has 56 valence electrons. The average molecular weight is 130 g/mol. The molecule has 0 radical (unpaired) electrons. The maximum Gasteiger partial charge on any atom is 0.00392 e. The van der Waals surface area contributed by atoms with Crippen LogP contribution in [0.2, 0.25) is 0 Å². The van der Waals surface area contributed by atoms with Crippen molar-refractivity contribution in [1.29, 1.82) is 0 Å². The first-order valence-corrected chi connectivity index (χ1v) is 3.66. The van der Waals surface area contributed by atoms with Gasteiger partial charge >= 0.3 is 0 Å². The summed E-state index contributed by atoms with van der Waals surface area (Å²) >= 11 is 0. The summed E-state index contributed by atoms with van der Waals surface area (Å²) in [5, 5.41) is 0. The van der Waals surface area contributed by atoms with Crippen LogP contribution in [0.25, 0.3) is 0 Å². The predicted molar refractivity (Wildman–Crippen MR) is 41.1 cm³/mol. The zero-order valence-corrected chi connectivity index (χ0v) is 6.43. The zero-order valence-electron chi connectivity index (χ0n) is 6.43. The van der Waals surface area contributed by atoms with Gasteiger partial charge in [-0.05, 0) is 25.3 Å². The Morgan fingerprint density at radius 2 is 2.00 bits per heavy atom. The summed E-state index contributed by atoms with van der Waals surface area (Å²) in [5.74, 6) is 0.583. The number of hydrogen-bond acceptors (Lipinski definition) is 2. The molecule has 0 heterocycles. The Bertz CT molecular complexity index is 55.9. The van der Waals surface area contributed by atoms with Gasteiger partial charge in [0, 0.05) is 6.04 Å². The quantitative estimate of drug-likeness (QED) is 0.589. The molecule has 4 N–H and O–H groups in total. The van der Waals surface area contributed by atoms with Gasteiger partial charge in [0.2, 0.25) is 0 Å². The predicted octanol–water partition coefficient (Wildman–Crippen LogP) is 0.709. The third-order valence-corrected chi connectivity index (χ3v) is 1.63. The molecule has 0 aromatic heterocycles. The molecule has 2 heteroatoms. The fraction of sp³-hybridized carbons (Fsp3) is 1.00. The summed E-state index contributed by atoms with van der Waals surface area (Å²) in [7, 11) is 0. The van der Waals surface area contributed by atoms with Crippen LogP contribution in [-0.2, 0) is 0 Å². The fourth-order valence-electron chi connectivity index (χ4n) is 0.780. The van der Waals surface area contributed by atoms with Crippen molar-refractivity contribution in [1.82, 2.24) is 0 Å². The summed E-state index contributed by atoms with van der Waals surface area (Å²) in [6.07, 6.45) is 2.12. The van der Waals surface area contributed by atoms with E-state index < -0.39 is 0 Å². The molecule has 0 rings (SSSR count). The van der Waals surface area contributed by atoms with Gasteiger partial charge in [-0.15, -0.1) is 0 Å². The van der Waals surface area contributed by atoms with Crippen LogP contribution in [0.3, 0.4) is 0 Å². The second-order valence-electron chi connectivity index (χ2n) is 2.74. The minimum atomic E-state index is 0.351. The second kappa shape index (κ2) is 4.77. The molecule has 2 unspecified atom stereocenters. The first-order valence-electron chi connectivity index (χ1n) is 3.66. The largest absolute Gasteiger partial charge is 0.330 e. The number of nitrogens with two attached hydrogens (primary N) is 2. The Hall–Kier alpha value is -0.0800. The molecular weight excluding hydrogens is 112 g/mol. The van der Waals surface area contributed by atoms with Gasteiger partial charge in [-0.2, -0.15) is 0 Å². The van der Waals surface area contributed by atoms with Crippen molar-refractivity contribution in [3.8, 4) is 0 Å². The molecule has 0 aliphatic heterocycles. The average Bonchev–Trinajstić information content (AvgIpc) is 1.87. The van der Waals surface area contributed by atoms with Crippen LogP contribution in [-0.4, -0.2) is 12.6 Å². The first-order chi connectivity index (χ1) is 4.20. The van der Waals surface area contributed by atoms with E-state index in [4.69, 9.17) is 11.5 Å². The van der Waals surface area contributed by atoms with Crippen molar-refractivity contribution in [3.05, 3.63) is 0 Å². The molecule has 0 aliphatic rings. The highest BCUT2D eigenvalue weighted by Gasteiger charge is 2.03. The van der Waals surface area contributed by atoms with Gasteiger partial charge in [-0.1, -0.05) is 13.8 Å². The monoisotopic (exact) mass is 130 g/mol. The normalized spacial score (nSPS) is 17.3. The molecule has 0 spiro atoms. The topological polar surface area (TPSA) is 52.0 Å². The van der Waals surface area contributed by atoms with Crippen LogP contribution >= 0.6 is 0 Å². The van der Waals surface area contributed by atoms with Gasteiger partial charge in [0.15, 0.2) is 0 Å². The van der Waals surface area contributed by atoms with Gasteiger partial charge in [-0.25, -0.2) is 0 Å². The van der Waals surface area contributed by atoms with E-state index in [0.29, 0.717) is 12.0 Å². The van der Waals surface area contributed by atoms with Crippen molar-refractivity contribution in [2.45, 2.75) is 32.7 Å². The second-order valence-corrected chi connectivity index (χ2v) is 2.74. The third kappa shape index (κ3) is 4.43. The fourth-order valence-corrected chi connectivity index (χ4v) is 0.780. The molecular formula is C7H18N2. The van der Waals surface area contributed by atoms with Gasteiger partial charge in [0.25, 0.3) is 0 Å². The first kappa shape index (κ1) is 8.92. The van der Waals surface area contributed by atoms with Crippen molar-refractivity contribution in [2.75, 3.05) is 6.54 Å². The minimum Gasteiger partial charge on any atom is -0.330 e. The lowest BCUT2D eigenvalue weighted by molar-refractivity contribution is 0.463. The Balaban J connectivity index is 3.22. The lowest BCUT2D eigenvalue weighted by Gasteiger charge is -2.12. The summed E-state index contributed by atoms with van der Waals surface area (Å²) in [5.41, 5.74) is 11.1. The molecule has 0 saturated carbocycles. The van der Waals surface area contributed by atoms with Crippen LogP contribution in [0.15, 0.2) is 0 Å². The number of hydrogen-bond donors (Lipinski definition) is 2. The molecule has 2 atom stereocenters. The van der Waals surface area contributed by atoms with E-state index in [2.05, 4.69) is 13.8 Å². The molecule has 0 aromatic carbocycles. The minimum absolute atomic E-state index is 0.351. The van der Waals surface area contributed by atoms with E-state index in [9.17, 15) is 0 Å². The molecule has 0 fully saturated rings. The van der Waals surface area contributed by atoms with Crippen LogP contribution in [0.4, 0.5) is 0 Å². The van der Waals surface area contributed by atoms with Crippen LogP contribution in [0.1, 0.15) is 26.7 Å². The summed E-state index contributed by atoms with van der Waals surface area (Å²) in [6, 6.07) is 0.351. The SMILES string of the molecule is CCC(N)CC(C)CN. The Morgan fingerprint density at radius 3 is 2.33 bits per heavy atom. The molecule has 0 aromatic rings. The lowest BCUT2D eigenvalue weighted by atomic mass is 10.0. The van der Waals surface area contributed by atoms with E-state index in [0.717, 1.165) is 19.4 Å².